The molecule has 0 spiro atoms. The maximum Gasteiger partial charge on any atom is 0.256 e. The van der Waals surface area contributed by atoms with Crippen molar-refractivity contribution in [3.63, 3.8) is 0 Å². The molecule has 0 unspecified atom stereocenters. The van der Waals surface area contributed by atoms with Gasteiger partial charge in [-0.05, 0) is 46.2 Å². The second-order valence-electron chi connectivity index (χ2n) is 9.13. The van der Waals surface area contributed by atoms with Crippen molar-refractivity contribution in [2.45, 2.75) is 96.2 Å². The number of carbonyl (C=O) groups excluding carboxylic acids is 1. The van der Waals surface area contributed by atoms with Gasteiger partial charge in [-0.1, -0.05) is 31.9 Å². The van der Waals surface area contributed by atoms with E-state index in [-0.39, 0.29) is 5.91 Å². The molecule has 3 saturated heterocycles. The van der Waals surface area contributed by atoms with Crippen LogP contribution in [-0.4, -0.2) is 54.8 Å². The summed E-state index contributed by atoms with van der Waals surface area (Å²) in [5.74, 6) is -1.40. The summed E-state index contributed by atoms with van der Waals surface area (Å²) in [6.45, 7) is 10.00. The van der Waals surface area contributed by atoms with Crippen LogP contribution in [0.2, 0.25) is 0 Å². The summed E-state index contributed by atoms with van der Waals surface area (Å²) in [6.07, 6.45) is -0.0272. The molecule has 1 aromatic carbocycles. The first-order valence-corrected chi connectivity index (χ1v) is 11.1. The lowest BCUT2D eigenvalue weighted by molar-refractivity contribution is -0.229. The monoisotopic (exact) mass is 435 g/mol. The zero-order valence-corrected chi connectivity index (χ0v) is 18.9. The maximum atomic E-state index is 13.3. The number of para-hydroxylation sites is 2. The van der Waals surface area contributed by atoms with Gasteiger partial charge in [-0.3, -0.25) is 4.79 Å². The van der Waals surface area contributed by atoms with E-state index in [2.05, 4.69) is 12.2 Å². The fourth-order valence-corrected chi connectivity index (χ4v) is 4.26. The van der Waals surface area contributed by atoms with Crippen LogP contribution in [0.1, 0.15) is 53.9 Å². The van der Waals surface area contributed by atoms with Crippen molar-refractivity contribution in [2.75, 3.05) is 11.9 Å². The molecule has 3 aliphatic heterocycles. The number of nitrogens with one attached hydrogen (secondary N) is 1. The lowest BCUT2D eigenvalue weighted by Gasteiger charge is -2.36. The zero-order valence-electron chi connectivity index (χ0n) is 18.9. The number of unbranched alkanes of at least 4 members (excludes halogenated alkanes) is 2. The summed E-state index contributed by atoms with van der Waals surface area (Å²) in [4.78, 5) is 13.3. The van der Waals surface area contributed by atoms with Gasteiger partial charge in [0, 0.05) is 0 Å². The molecule has 1 aromatic rings. The zero-order chi connectivity index (χ0) is 22.2. The van der Waals surface area contributed by atoms with Crippen LogP contribution in [0, 0.1) is 0 Å². The van der Waals surface area contributed by atoms with Gasteiger partial charge >= 0.3 is 0 Å². The first-order chi connectivity index (χ1) is 14.7. The van der Waals surface area contributed by atoms with Crippen LogP contribution in [0.15, 0.2) is 24.3 Å². The summed E-state index contributed by atoms with van der Waals surface area (Å²) < 4.78 is 35.9. The van der Waals surface area contributed by atoms with Crippen molar-refractivity contribution in [1.82, 2.24) is 0 Å². The predicted octanol–water partition coefficient (Wildman–Crippen LogP) is 3.59. The van der Waals surface area contributed by atoms with E-state index < -0.39 is 42.3 Å². The van der Waals surface area contributed by atoms with Crippen LogP contribution in [0.25, 0.3) is 0 Å². The maximum absolute atomic E-state index is 13.3. The van der Waals surface area contributed by atoms with Crippen LogP contribution in [0.3, 0.4) is 0 Å². The van der Waals surface area contributed by atoms with E-state index in [1.807, 2.05) is 52.0 Å². The SMILES string of the molecule is CCCCCOc1ccccc1NC(=O)[C@@H]1O[C@@H]2OC(C)(C)O[C@@H]2[C@@H]2OC(C)(C)O[C@H]21. The topological polar surface area (TPSA) is 84.5 Å². The molecule has 3 heterocycles. The van der Waals surface area contributed by atoms with Gasteiger partial charge in [-0.2, -0.15) is 0 Å². The standard InChI is InChI=1S/C23H33NO7/c1-6-7-10-13-26-15-12-9-8-11-14(15)24-20(25)18-16-17(29-22(2,3)28-16)19-21(27-18)31-23(4,5)30-19/h8-9,11-12,16-19,21H,6-7,10,13H2,1-5H3,(H,24,25)/t16-,17-,18-,19-,21-/m1/s1. The quantitative estimate of drug-likeness (QED) is 0.655. The van der Waals surface area contributed by atoms with E-state index in [1.165, 1.54) is 0 Å². The molecule has 3 fully saturated rings. The molecule has 0 bridgehead atoms. The van der Waals surface area contributed by atoms with Gasteiger partial charge in [-0.25, -0.2) is 0 Å². The molecule has 0 aliphatic carbocycles. The van der Waals surface area contributed by atoms with Crippen LogP contribution >= 0.6 is 0 Å². The normalized spacial score (nSPS) is 32.9. The summed E-state index contributed by atoms with van der Waals surface area (Å²) in [5, 5.41) is 2.94. The molecule has 4 rings (SSSR count). The minimum atomic E-state index is -0.918. The minimum absolute atomic E-state index is 0.340. The number of amides is 1. The average Bonchev–Trinajstić information content (AvgIpc) is 3.19. The summed E-state index contributed by atoms with van der Waals surface area (Å²) in [7, 11) is 0. The Bertz CT molecular complexity index is 796. The van der Waals surface area contributed by atoms with Crippen molar-refractivity contribution in [3.8, 4) is 5.75 Å². The number of fused-ring (bicyclic) bond motifs is 3. The average molecular weight is 436 g/mol. The van der Waals surface area contributed by atoms with Gasteiger partial charge in [0.15, 0.2) is 24.0 Å². The van der Waals surface area contributed by atoms with Crippen LogP contribution in [0.4, 0.5) is 5.69 Å². The molecule has 1 amide bonds. The Hall–Kier alpha value is -1.71. The van der Waals surface area contributed by atoms with Crippen molar-refractivity contribution >= 4 is 11.6 Å². The van der Waals surface area contributed by atoms with Gasteiger partial charge in [-0.15, -0.1) is 0 Å². The largest absolute Gasteiger partial charge is 0.491 e. The lowest BCUT2D eigenvalue weighted by Crippen LogP contribution is -2.58. The Morgan fingerprint density at radius 2 is 1.65 bits per heavy atom. The molecule has 172 valence electrons. The number of hydrogen-bond acceptors (Lipinski definition) is 7. The fourth-order valence-electron chi connectivity index (χ4n) is 4.26. The number of rotatable bonds is 7. The first kappa shape index (κ1) is 22.5. The highest BCUT2D eigenvalue weighted by Crippen LogP contribution is 2.44. The fraction of sp³-hybridized carbons (Fsp3) is 0.696. The Morgan fingerprint density at radius 1 is 0.968 bits per heavy atom. The molecule has 8 nitrogen and oxygen atoms in total. The molecule has 8 heteroatoms. The molecule has 3 aliphatic rings. The summed E-state index contributed by atoms with van der Waals surface area (Å²) >= 11 is 0. The van der Waals surface area contributed by atoms with E-state index in [0.717, 1.165) is 19.3 Å². The third-order valence-electron chi connectivity index (χ3n) is 5.56. The van der Waals surface area contributed by atoms with E-state index >= 15 is 0 Å². The molecule has 0 saturated carbocycles. The van der Waals surface area contributed by atoms with Crippen LogP contribution < -0.4 is 10.1 Å². The number of benzene rings is 1. The van der Waals surface area contributed by atoms with Crippen LogP contribution in [0.5, 0.6) is 5.75 Å². The number of carbonyl (C=O) groups is 1. The van der Waals surface area contributed by atoms with Gasteiger partial charge < -0.3 is 33.7 Å². The van der Waals surface area contributed by atoms with Gasteiger partial charge in [0.05, 0.1) is 12.3 Å². The third kappa shape index (κ3) is 4.88. The van der Waals surface area contributed by atoms with E-state index in [0.29, 0.717) is 18.0 Å². The molecule has 5 atom stereocenters. The molecular weight excluding hydrogens is 402 g/mol. The van der Waals surface area contributed by atoms with Crippen molar-refractivity contribution in [1.29, 1.82) is 0 Å². The Balaban J connectivity index is 1.50. The highest BCUT2D eigenvalue weighted by atomic mass is 16.9. The Labute approximate surface area is 183 Å². The summed E-state index contributed by atoms with van der Waals surface area (Å²) in [6, 6.07) is 7.38. The number of hydrogen-bond donors (Lipinski definition) is 1. The van der Waals surface area contributed by atoms with Crippen molar-refractivity contribution in [3.05, 3.63) is 24.3 Å². The van der Waals surface area contributed by atoms with E-state index in [4.69, 9.17) is 28.4 Å². The molecule has 31 heavy (non-hydrogen) atoms. The molecular formula is C23H33NO7. The van der Waals surface area contributed by atoms with Gasteiger partial charge in [0.2, 0.25) is 0 Å². The van der Waals surface area contributed by atoms with Gasteiger partial charge in [0.25, 0.3) is 5.91 Å². The molecule has 0 aromatic heterocycles. The van der Waals surface area contributed by atoms with Crippen LogP contribution in [-0.2, 0) is 28.5 Å². The van der Waals surface area contributed by atoms with E-state index in [9.17, 15) is 4.79 Å². The molecule has 0 radical (unpaired) electrons. The highest BCUT2D eigenvalue weighted by molar-refractivity contribution is 5.96. The summed E-state index contributed by atoms with van der Waals surface area (Å²) in [5.41, 5.74) is 0.591. The number of anilines is 1. The lowest BCUT2D eigenvalue weighted by atomic mass is 9.98. The Morgan fingerprint density at radius 3 is 2.42 bits per heavy atom. The predicted molar refractivity (Wildman–Crippen MR) is 113 cm³/mol. The van der Waals surface area contributed by atoms with E-state index in [1.54, 1.807) is 0 Å². The highest BCUT2D eigenvalue weighted by Gasteiger charge is 2.62. The smallest absolute Gasteiger partial charge is 0.256 e. The minimum Gasteiger partial charge on any atom is -0.491 e. The second-order valence-corrected chi connectivity index (χ2v) is 9.13. The second kappa shape index (κ2) is 8.67. The van der Waals surface area contributed by atoms with Crippen molar-refractivity contribution < 1.29 is 33.2 Å². The first-order valence-electron chi connectivity index (χ1n) is 11.1. The number of ether oxygens (including phenoxy) is 6. The third-order valence-corrected chi connectivity index (χ3v) is 5.56. The van der Waals surface area contributed by atoms with Gasteiger partial charge in [0.1, 0.15) is 24.1 Å². The van der Waals surface area contributed by atoms with Crippen molar-refractivity contribution in [2.24, 2.45) is 0 Å². The molecule has 1 N–H and O–H groups in total. The Kier molecular flexibility index (Phi) is 6.29.